The molecule has 100 valence electrons. The van der Waals surface area contributed by atoms with Gasteiger partial charge in [-0.3, -0.25) is 4.79 Å². The second-order valence-corrected chi connectivity index (χ2v) is 6.46. The van der Waals surface area contributed by atoms with Crippen molar-refractivity contribution >= 4 is 49.1 Å². The molecule has 0 radical (unpaired) electrons. The number of benzene rings is 1. The average Bonchev–Trinajstić information content (AvgIpc) is 2.29. The molecule has 0 aliphatic heterocycles. The predicted octanol–water partition coefficient (Wildman–Crippen LogP) is 1.91. The van der Waals surface area contributed by atoms with Crippen molar-refractivity contribution in [2.75, 3.05) is 11.2 Å². The van der Waals surface area contributed by atoms with Crippen LogP contribution in [0.3, 0.4) is 0 Å². The van der Waals surface area contributed by atoms with E-state index < -0.39 is 10.0 Å². The van der Waals surface area contributed by atoms with Crippen molar-refractivity contribution < 1.29 is 13.2 Å². The molecule has 5 nitrogen and oxygen atoms in total. The van der Waals surface area contributed by atoms with Gasteiger partial charge in [-0.2, -0.15) is 0 Å². The maximum absolute atomic E-state index is 11.6. The van der Waals surface area contributed by atoms with E-state index >= 15 is 0 Å². The normalized spacial score (nSPS) is 13.1. The summed E-state index contributed by atoms with van der Waals surface area (Å²) in [5, 5.41) is 7.63. The number of primary sulfonamides is 1. The van der Waals surface area contributed by atoms with E-state index in [-0.39, 0.29) is 22.6 Å². The van der Waals surface area contributed by atoms with E-state index in [1.807, 2.05) is 0 Å². The van der Waals surface area contributed by atoms with E-state index in [1.54, 1.807) is 6.92 Å². The summed E-state index contributed by atoms with van der Waals surface area (Å²) in [5.41, 5.74) is 0.462. The number of sulfonamides is 1. The fourth-order valence-electron chi connectivity index (χ4n) is 1.10. The number of anilines is 1. The van der Waals surface area contributed by atoms with Gasteiger partial charge in [0, 0.05) is 16.3 Å². The lowest BCUT2D eigenvalue weighted by Crippen LogP contribution is -2.21. The molecule has 1 aromatic rings. The molecule has 0 fully saturated rings. The summed E-state index contributed by atoms with van der Waals surface area (Å²) in [5.74, 6) is -0.371. The molecular weight excluding hydrogens is 344 g/mol. The van der Waals surface area contributed by atoms with Crippen molar-refractivity contribution in [3.63, 3.8) is 0 Å². The molecule has 1 unspecified atom stereocenters. The Labute approximate surface area is 119 Å². The van der Waals surface area contributed by atoms with E-state index in [0.29, 0.717) is 10.2 Å². The third-order valence-corrected chi connectivity index (χ3v) is 4.24. The van der Waals surface area contributed by atoms with Crippen LogP contribution >= 0.6 is 27.5 Å². The van der Waals surface area contributed by atoms with Crippen LogP contribution in [0.4, 0.5) is 5.69 Å². The van der Waals surface area contributed by atoms with Crippen LogP contribution in [0.25, 0.3) is 0 Å². The molecular formula is C10H12BrClN2O3S. The van der Waals surface area contributed by atoms with Crippen LogP contribution in [0.2, 0.25) is 0 Å². The molecule has 0 saturated carbocycles. The zero-order chi connectivity index (χ0) is 13.9. The third kappa shape index (κ3) is 3.94. The highest BCUT2D eigenvalue weighted by Crippen LogP contribution is 2.25. The highest BCUT2D eigenvalue weighted by molar-refractivity contribution is 9.10. The first-order valence-corrected chi connectivity index (χ1v) is 7.82. The number of hydrogen-bond donors (Lipinski definition) is 2. The first-order valence-electron chi connectivity index (χ1n) is 4.95. The minimum absolute atomic E-state index is 0.0298. The largest absolute Gasteiger partial charge is 0.325 e. The van der Waals surface area contributed by atoms with Gasteiger partial charge in [0.1, 0.15) is 0 Å². The smallest absolute Gasteiger partial charge is 0.238 e. The first-order chi connectivity index (χ1) is 8.25. The lowest BCUT2D eigenvalue weighted by atomic mass is 10.2. The second kappa shape index (κ2) is 6.01. The van der Waals surface area contributed by atoms with Gasteiger partial charge in [0.15, 0.2) is 0 Å². The van der Waals surface area contributed by atoms with Crippen molar-refractivity contribution in [2.45, 2.75) is 11.8 Å². The molecule has 3 N–H and O–H groups in total. The molecule has 1 atom stereocenters. The average molecular weight is 356 g/mol. The van der Waals surface area contributed by atoms with Crippen LogP contribution in [0.1, 0.15) is 6.92 Å². The van der Waals surface area contributed by atoms with Gasteiger partial charge < -0.3 is 5.32 Å². The van der Waals surface area contributed by atoms with E-state index in [9.17, 15) is 13.2 Å². The monoisotopic (exact) mass is 354 g/mol. The summed E-state index contributed by atoms with van der Waals surface area (Å²) in [7, 11) is -3.76. The number of nitrogens with one attached hydrogen (secondary N) is 1. The molecule has 1 amide bonds. The molecule has 0 spiro atoms. The molecule has 0 saturated heterocycles. The van der Waals surface area contributed by atoms with Crippen molar-refractivity contribution in [3.05, 3.63) is 22.7 Å². The molecule has 1 rings (SSSR count). The minimum Gasteiger partial charge on any atom is -0.325 e. The topological polar surface area (TPSA) is 89.3 Å². The summed E-state index contributed by atoms with van der Waals surface area (Å²) in [6, 6.07) is 4.11. The maximum Gasteiger partial charge on any atom is 0.238 e. The summed E-state index contributed by atoms with van der Waals surface area (Å²) < 4.78 is 22.7. The molecule has 0 aliphatic carbocycles. The molecule has 0 aromatic heterocycles. The van der Waals surface area contributed by atoms with Crippen molar-refractivity contribution in [1.29, 1.82) is 0 Å². The van der Waals surface area contributed by atoms with E-state index in [4.69, 9.17) is 16.7 Å². The van der Waals surface area contributed by atoms with Gasteiger partial charge in [-0.25, -0.2) is 13.6 Å². The fraction of sp³-hybridized carbons (Fsp3) is 0.300. The number of carbonyl (C=O) groups excluding carboxylic acids is 1. The summed E-state index contributed by atoms with van der Waals surface area (Å²) in [6.07, 6.45) is 0. The Morgan fingerprint density at radius 2 is 2.17 bits per heavy atom. The Kier molecular flexibility index (Phi) is 5.15. The lowest BCUT2D eigenvalue weighted by molar-refractivity contribution is -0.118. The van der Waals surface area contributed by atoms with Gasteiger partial charge in [-0.1, -0.05) is 6.92 Å². The highest BCUT2D eigenvalue weighted by Gasteiger charge is 2.15. The van der Waals surface area contributed by atoms with Crippen molar-refractivity contribution in [3.8, 4) is 0 Å². The molecule has 0 aliphatic rings. The Morgan fingerprint density at radius 3 is 2.61 bits per heavy atom. The van der Waals surface area contributed by atoms with Crippen LogP contribution in [0.5, 0.6) is 0 Å². The molecule has 0 heterocycles. The number of rotatable bonds is 4. The molecule has 1 aromatic carbocycles. The minimum atomic E-state index is -3.76. The van der Waals surface area contributed by atoms with Gasteiger partial charge in [0.25, 0.3) is 0 Å². The van der Waals surface area contributed by atoms with Crippen LogP contribution in [0, 0.1) is 5.92 Å². The van der Waals surface area contributed by atoms with E-state index in [0.717, 1.165) is 0 Å². The van der Waals surface area contributed by atoms with Crippen LogP contribution < -0.4 is 10.5 Å². The Balaban J connectivity index is 2.97. The quantitative estimate of drug-likeness (QED) is 0.809. The second-order valence-electron chi connectivity index (χ2n) is 3.73. The van der Waals surface area contributed by atoms with Crippen molar-refractivity contribution in [2.24, 2.45) is 11.1 Å². The maximum atomic E-state index is 11.6. The van der Waals surface area contributed by atoms with E-state index in [1.165, 1.54) is 18.2 Å². The van der Waals surface area contributed by atoms with Gasteiger partial charge in [-0.05, 0) is 34.1 Å². The Morgan fingerprint density at radius 1 is 1.56 bits per heavy atom. The van der Waals surface area contributed by atoms with Gasteiger partial charge in [-0.15, -0.1) is 11.6 Å². The van der Waals surface area contributed by atoms with Crippen LogP contribution in [-0.4, -0.2) is 20.2 Å². The van der Waals surface area contributed by atoms with Crippen LogP contribution in [0.15, 0.2) is 27.6 Å². The number of alkyl halides is 1. The van der Waals surface area contributed by atoms with Gasteiger partial charge >= 0.3 is 0 Å². The predicted molar refractivity (Wildman–Crippen MR) is 74.0 cm³/mol. The number of halogens is 2. The van der Waals surface area contributed by atoms with E-state index in [2.05, 4.69) is 21.2 Å². The zero-order valence-electron chi connectivity index (χ0n) is 9.48. The third-order valence-electron chi connectivity index (χ3n) is 2.21. The molecule has 18 heavy (non-hydrogen) atoms. The van der Waals surface area contributed by atoms with Gasteiger partial charge in [0.05, 0.1) is 10.6 Å². The fourth-order valence-corrected chi connectivity index (χ4v) is 2.41. The molecule has 8 heteroatoms. The summed E-state index contributed by atoms with van der Waals surface area (Å²) in [4.78, 5) is 11.6. The first kappa shape index (κ1) is 15.4. The van der Waals surface area contributed by atoms with Crippen molar-refractivity contribution in [1.82, 2.24) is 0 Å². The standard InChI is InChI=1S/C10H12BrClN2O3S/c1-6(5-12)10(15)14-9-3-2-7(4-8(9)11)18(13,16)17/h2-4,6H,5H2,1H3,(H,14,15)(H2,13,16,17). The lowest BCUT2D eigenvalue weighted by Gasteiger charge is -2.11. The summed E-state index contributed by atoms with van der Waals surface area (Å²) in [6.45, 7) is 1.69. The van der Waals surface area contributed by atoms with Gasteiger partial charge in [0.2, 0.25) is 15.9 Å². The number of hydrogen-bond acceptors (Lipinski definition) is 3. The Bertz CT molecular complexity index is 562. The Hall–Kier alpha value is -0.630. The number of amides is 1. The summed E-state index contributed by atoms with van der Waals surface area (Å²) >= 11 is 8.74. The number of carbonyl (C=O) groups is 1. The zero-order valence-corrected chi connectivity index (χ0v) is 12.6. The van der Waals surface area contributed by atoms with Crippen LogP contribution in [-0.2, 0) is 14.8 Å². The molecule has 0 bridgehead atoms. The number of nitrogens with two attached hydrogens (primary N) is 1. The highest BCUT2D eigenvalue weighted by atomic mass is 79.9. The SMILES string of the molecule is CC(CCl)C(=O)Nc1ccc(S(N)(=O)=O)cc1Br.